The quantitative estimate of drug-likeness (QED) is 0.759. The average molecular weight is 232 g/mol. The van der Waals surface area contributed by atoms with Crippen molar-refractivity contribution in [1.29, 1.82) is 0 Å². The molecule has 1 aromatic carbocycles. The smallest absolute Gasteiger partial charge is 0.197 e. The van der Waals surface area contributed by atoms with E-state index in [2.05, 4.69) is 0 Å². The Morgan fingerprint density at radius 2 is 1.94 bits per heavy atom. The number of para-hydroxylation sites is 1. The second-order valence-electron chi connectivity index (χ2n) is 3.42. The fraction of sp³-hybridized carbons (Fsp3) is 0.154. The molecule has 0 fully saturated rings. The molecule has 82 valence electrons. The van der Waals surface area contributed by atoms with Crippen LogP contribution in [0.15, 0.2) is 35.7 Å². The van der Waals surface area contributed by atoms with Crippen molar-refractivity contribution in [3.05, 3.63) is 51.7 Å². The van der Waals surface area contributed by atoms with Crippen LogP contribution >= 0.6 is 11.3 Å². The van der Waals surface area contributed by atoms with Gasteiger partial charge < -0.3 is 4.74 Å². The largest absolute Gasteiger partial charge is 0.496 e. The zero-order chi connectivity index (χ0) is 11.5. The standard InChI is InChI=1S/C13H12O2S/c1-9-10(7-8-16-9)13(14)11-5-3-4-6-12(11)15-2/h3-8H,1-2H3. The predicted molar refractivity (Wildman–Crippen MR) is 65.5 cm³/mol. The first-order chi connectivity index (χ1) is 7.74. The summed E-state index contributed by atoms with van der Waals surface area (Å²) in [5.41, 5.74) is 1.38. The van der Waals surface area contributed by atoms with Crippen molar-refractivity contribution in [3.8, 4) is 5.75 Å². The highest BCUT2D eigenvalue weighted by molar-refractivity contribution is 7.10. The van der Waals surface area contributed by atoms with Crippen molar-refractivity contribution in [2.24, 2.45) is 0 Å². The van der Waals surface area contributed by atoms with Crippen molar-refractivity contribution < 1.29 is 9.53 Å². The zero-order valence-electron chi connectivity index (χ0n) is 9.19. The number of benzene rings is 1. The highest BCUT2D eigenvalue weighted by Gasteiger charge is 2.16. The van der Waals surface area contributed by atoms with Gasteiger partial charge in [0.25, 0.3) is 0 Å². The monoisotopic (exact) mass is 232 g/mol. The predicted octanol–water partition coefficient (Wildman–Crippen LogP) is 3.30. The number of thiophene rings is 1. The molecular weight excluding hydrogens is 220 g/mol. The summed E-state index contributed by atoms with van der Waals surface area (Å²) in [5.74, 6) is 0.648. The molecule has 2 nitrogen and oxygen atoms in total. The first-order valence-corrected chi connectivity index (χ1v) is 5.84. The van der Waals surface area contributed by atoms with Crippen molar-refractivity contribution >= 4 is 17.1 Å². The number of hydrogen-bond acceptors (Lipinski definition) is 3. The molecule has 2 rings (SSSR count). The molecule has 0 radical (unpaired) electrons. The molecule has 0 aliphatic rings. The Bertz CT molecular complexity index is 514. The zero-order valence-corrected chi connectivity index (χ0v) is 10.0. The Morgan fingerprint density at radius 1 is 1.19 bits per heavy atom. The van der Waals surface area contributed by atoms with Crippen LogP contribution in [0, 0.1) is 6.92 Å². The molecule has 3 heteroatoms. The van der Waals surface area contributed by atoms with Crippen LogP contribution in [0.3, 0.4) is 0 Å². The molecule has 1 aromatic heterocycles. The molecule has 0 bridgehead atoms. The molecule has 0 saturated heterocycles. The van der Waals surface area contributed by atoms with Gasteiger partial charge in [-0.3, -0.25) is 4.79 Å². The van der Waals surface area contributed by atoms with Gasteiger partial charge >= 0.3 is 0 Å². The van der Waals surface area contributed by atoms with Gasteiger partial charge in [-0.2, -0.15) is 0 Å². The molecule has 0 unspecified atom stereocenters. The normalized spacial score (nSPS) is 10.1. The van der Waals surface area contributed by atoms with Crippen LogP contribution in [-0.4, -0.2) is 12.9 Å². The minimum Gasteiger partial charge on any atom is -0.496 e. The minimum atomic E-state index is 0.0243. The molecule has 0 atom stereocenters. The first-order valence-electron chi connectivity index (χ1n) is 4.96. The Morgan fingerprint density at radius 3 is 2.56 bits per heavy atom. The molecule has 2 aromatic rings. The highest BCUT2D eigenvalue weighted by atomic mass is 32.1. The van der Waals surface area contributed by atoms with E-state index in [4.69, 9.17) is 4.74 Å². The lowest BCUT2D eigenvalue weighted by molar-refractivity contribution is 0.103. The van der Waals surface area contributed by atoms with Gasteiger partial charge in [0, 0.05) is 10.4 Å². The topological polar surface area (TPSA) is 26.3 Å². The lowest BCUT2D eigenvalue weighted by Gasteiger charge is -2.06. The molecule has 0 aliphatic carbocycles. The fourth-order valence-corrected chi connectivity index (χ4v) is 2.29. The van der Waals surface area contributed by atoms with Gasteiger partial charge in [-0.25, -0.2) is 0 Å². The third kappa shape index (κ3) is 1.86. The van der Waals surface area contributed by atoms with E-state index in [-0.39, 0.29) is 5.78 Å². The lowest BCUT2D eigenvalue weighted by Crippen LogP contribution is -2.03. The summed E-state index contributed by atoms with van der Waals surface area (Å²) in [5, 5.41) is 1.93. The Labute approximate surface area is 98.5 Å². The Kier molecular flexibility index (Phi) is 3.06. The van der Waals surface area contributed by atoms with E-state index >= 15 is 0 Å². The van der Waals surface area contributed by atoms with E-state index in [1.54, 1.807) is 30.6 Å². The summed E-state index contributed by atoms with van der Waals surface area (Å²) in [4.78, 5) is 13.3. The van der Waals surface area contributed by atoms with Gasteiger partial charge in [0.15, 0.2) is 5.78 Å². The second-order valence-corrected chi connectivity index (χ2v) is 4.54. The number of methoxy groups -OCH3 is 1. The van der Waals surface area contributed by atoms with Crippen molar-refractivity contribution in [1.82, 2.24) is 0 Å². The van der Waals surface area contributed by atoms with Crippen LogP contribution in [-0.2, 0) is 0 Å². The maximum absolute atomic E-state index is 12.2. The Balaban J connectivity index is 2.46. The van der Waals surface area contributed by atoms with E-state index in [1.165, 1.54) is 0 Å². The number of carbonyl (C=O) groups is 1. The van der Waals surface area contributed by atoms with Crippen LogP contribution in [0.1, 0.15) is 20.8 Å². The minimum absolute atomic E-state index is 0.0243. The van der Waals surface area contributed by atoms with Crippen LogP contribution in [0.2, 0.25) is 0 Å². The van der Waals surface area contributed by atoms with E-state index in [1.807, 2.05) is 30.5 Å². The summed E-state index contributed by atoms with van der Waals surface area (Å²) in [6, 6.07) is 9.15. The van der Waals surface area contributed by atoms with E-state index in [9.17, 15) is 4.79 Å². The third-order valence-corrected chi connectivity index (χ3v) is 3.30. The molecule has 0 spiro atoms. The summed E-state index contributed by atoms with van der Waals surface area (Å²) < 4.78 is 5.19. The molecule has 0 saturated carbocycles. The lowest BCUT2D eigenvalue weighted by atomic mass is 10.0. The fourth-order valence-electron chi connectivity index (χ4n) is 1.60. The summed E-state index contributed by atoms with van der Waals surface area (Å²) in [7, 11) is 1.58. The van der Waals surface area contributed by atoms with Gasteiger partial charge in [0.1, 0.15) is 5.75 Å². The highest BCUT2D eigenvalue weighted by Crippen LogP contribution is 2.24. The van der Waals surface area contributed by atoms with E-state index in [0.29, 0.717) is 11.3 Å². The number of rotatable bonds is 3. The summed E-state index contributed by atoms with van der Waals surface area (Å²) >= 11 is 1.58. The van der Waals surface area contributed by atoms with Gasteiger partial charge in [-0.15, -0.1) is 11.3 Å². The van der Waals surface area contributed by atoms with Crippen molar-refractivity contribution in [2.75, 3.05) is 7.11 Å². The first kappa shape index (κ1) is 10.9. The molecular formula is C13H12O2S. The second kappa shape index (κ2) is 4.49. The van der Waals surface area contributed by atoms with Crippen LogP contribution in [0.4, 0.5) is 0 Å². The van der Waals surface area contributed by atoms with Gasteiger partial charge in [-0.1, -0.05) is 12.1 Å². The number of ether oxygens (including phenoxy) is 1. The van der Waals surface area contributed by atoms with Crippen LogP contribution in [0.25, 0.3) is 0 Å². The van der Waals surface area contributed by atoms with Crippen molar-refractivity contribution in [2.45, 2.75) is 6.92 Å². The maximum Gasteiger partial charge on any atom is 0.197 e. The van der Waals surface area contributed by atoms with Crippen LogP contribution in [0.5, 0.6) is 5.75 Å². The molecule has 0 aliphatic heterocycles. The number of hydrogen-bond donors (Lipinski definition) is 0. The molecule has 1 heterocycles. The molecule has 0 amide bonds. The average Bonchev–Trinajstić information content (AvgIpc) is 2.74. The third-order valence-electron chi connectivity index (χ3n) is 2.46. The van der Waals surface area contributed by atoms with Gasteiger partial charge in [0.2, 0.25) is 0 Å². The van der Waals surface area contributed by atoms with E-state index in [0.717, 1.165) is 10.4 Å². The molecule has 0 N–H and O–H groups in total. The van der Waals surface area contributed by atoms with Gasteiger partial charge in [-0.05, 0) is 30.5 Å². The number of ketones is 1. The Hall–Kier alpha value is -1.61. The summed E-state index contributed by atoms with van der Waals surface area (Å²) in [6.45, 7) is 1.95. The maximum atomic E-state index is 12.2. The SMILES string of the molecule is COc1ccccc1C(=O)c1ccsc1C. The van der Waals surface area contributed by atoms with Crippen molar-refractivity contribution in [3.63, 3.8) is 0 Å². The summed E-state index contributed by atoms with van der Waals surface area (Å²) in [6.07, 6.45) is 0. The molecule has 16 heavy (non-hydrogen) atoms. The number of aryl methyl sites for hydroxylation is 1. The van der Waals surface area contributed by atoms with E-state index < -0.39 is 0 Å². The van der Waals surface area contributed by atoms with Crippen LogP contribution < -0.4 is 4.74 Å². The van der Waals surface area contributed by atoms with Gasteiger partial charge in [0.05, 0.1) is 12.7 Å². The number of carbonyl (C=O) groups excluding carboxylic acids is 1.